The third-order valence-electron chi connectivity index (χ3n) is 3.66. The highest BCUT2D eigenvalue weighted by molar-refractivity contribution is 8.00. The van der Waals surface area contributed by atoms with Gasteiger partial charge in [-0.2, -0.15) is 11.8 Å². The third-order valence-corrected chi connectivity index (χ3v) is 5.99. The Bertz CT molecular complexity index is 509. The number of amides is 2. The molecule has 1 heterocycles. The van der Waals surface area contributed by atoms with Crippen LogP contribution in [0.5, 0.6) is 0 Å². The van der Waals surface area contributed by atoms with Crippen LogP contribution in [-0.2, 0) is 6.42 Å². The number of carbonyl (C=O) groups excluding carboxylic acids is 1. The maximum Gasteiger partial charge on any atom is 0.355 e. The highest BCUT2D eigenvalue weighted by Crippen LogP contribution is 2.42. The van der Waals surface area contributed by atoms with E-state index in [1.807, 2.05) is 11.8 Å². The van der Waals surface area contributed by atoms with Crippen molar-refractivity contribution in [2.75, 3.05) is 19.3 Å². The number of hydrogen-bond donors (Lipinski definition) is 3. The van der Waals surface area contributed by atoms with E-state index in [4.69, 9.17) is 5.11 Å². The van der Waals surface area contributed by atoms with Crippen LogP contribution in [0.4, 0.5) is 4.79 Å². The summed E-state index contributed by atoms with van der Waals surface area (Å²) in [5.41, 5.74) is 0.0614. The van der Waals surface area contributed by atoms with Crippen LogP contribution < -0.4 is 10.6 Å². The normalized spacial score (nSPS) is 16.0. The first-order valence-corrected chi connectivity index (χ1v) is 8.90. The zero-order valence-electron chi connectivity index (χ0n) is 11.8. The number of carboxylic acid groups (broad SMARTS) is 1. The molecule has 1 aromatic heterocycles. The Balaban J connectivity index is 1.65. The maximum atomic E-state index is 11.7. The maximum absolute atomic E-state index is 11.7. The number of thioether (sulfide) groups is 1. The van der Waals surface area contributed by atoms with Gasteiger partial charge in [0, 0.05) is 29.6 Å². The van der Waals surface area contributed by atoms with Crippen LogP contribution >= 0.6 is 23.1 Å². The topological polar surface area (TPSA) is 91.3 Å². The molecule has 0 saturated heterocycles. The second-order valence-corrected chi connectivity index (χ2v) is 7.25. The Morgan fingerprint density at radius 2 is 2.24 bits per heavy atom. The second-order valence-electron chi connectivity index (χ2n) is 5.03. The van der Waals surface area contributed by atoms with Gasteiger partial charge in [-0.3, -0.25) is 0 Å². The van der Waals surface area contributed by atoms with Gasteiger partial charge in [-0.15, -0.1) is 11.3 Å². The number of urea groups is 1. The minimum absolute atomic E-state index is 0.0614. The van der Waals surface area contributed by atoms with E-state index >= 15 is 0 Å². The second kappa shape index (κ2) is 7.13. The molecule has 0 bridgehead atoms. The predicted octanol–water partition coefficient (Wildman–Crippen LogP) is 1.97. The summed E-state index contributed by atoms with van der Waals surface area (Å²) in [6, 6.07) is -0.176. The molecule has 1 aliphatic carbocycles. The Hall–Kier alpha value is -1.28. The molecule has 0 aromatic carbocycles. The first-order valence-electron chi connectivity index (χ1n) is 6.79. The minimum Gasteiger partial charge on any atom is -0.476 e. The van der Waals surface area contributed by atoms with Crippen molar-refractivity contribution in [3.63, 3.8) is 0 Å². The molecule has 0 atom stereocenters. The van der Waals surface area contributed by atoms with E-state index in [0.717, 1.165) is 12.8 Å². The molecule has 2 rings (SSSR count). The molecular formula is C13H19N3O3S2. The van der Waals surface area contributed by atoms with Gasteiger partial charge in [0.2, 0.25) is 0 Å². The highest BCUT2D eigenvalue weighted by Gasteiger charge is 2.36. The van der Waals surface area contributed by atoms with Crippen LogP contribution in [-0.4, -0.2) is 46.2 Å². The minimum atomic E-state index is -1.02. The zero-order valence-corrected chi connectivity index (χ0v) is 13.5. The molecule has 8 heteroatoms. The molecule has 1 aliphatic rings. The fourth-order valence-electron chi connectivity index (χ4n) is 2.13. The van der Waals surface area contributed by atoms with E-state index in [2.05, 4.69) is 21.9 Å². The van der Waals surface area contributed by atoms with Crippen LogP contribution in [0.2, 0.25) is 0 Å². The largest absolute Gasteiger partial charge is 0.476 e. The number of nitrogens with one attached hydrogen (secondary N) is 2. The first kappa shape index (κ1) is 16.1. The average Bonchev–Trinajstić information content (AvgIpc) is 2.87. The Morgan fingerprint density at radius 3 is 2.76 bits per heavy atom. The Kier molecular flexibility index (Phi) is 5.46. The smallest absolute Gasteiger partial charge is 0.355 e. The van der Waals surface area contributed by atoms with Crippen molar-refractivity contribution < 1.29 is 14.7 Å². The summed E-state index contributed by atoms with van der Waals surface area (Å²) in [4.78, 5) is 26.4. The van der Waals surface area contributed by atoms with Gasteiger partial charge in [-0.25, -0.2) is 14.6 Å². The molecule has 3 N–H and O–H groups in total. The Morgan fingerprint density at radius 1 is 1.48 bits per heavy atom. The van der Waals surface area contributed by atoms with E-state index in [1.54, 1.807) is 0 Å². The zero-order chi connectivity index (χ0) is 15.3. The third kappa shape index (κ3) is 4.34. The van der Waals surface area contributed by atoms with Gasteiger partial charge in [-0.05, 0) is 19.1 Å². The van der Waals surface area contributed by atoms with Gasteiger partial charge in [0.1, 0.15) is 0 Å². The molecule has 0 unspecified atom stereocenters. The van der Waals surface area contributed by atoms with Crippen LogP contribution in [0.25, 0.3) is 0 Å². The molecular weight excluding hydrogens is 310 g/mol. The van der Waals surface area contributed by atoms with E-state index in [1.165, 1.54) is 23.1 Å². The predicted molar refractivity (Wildman–Crippen MR) is 84.3 cm³/mol. The van der Waals surface area contributed by atoms with Gasteiger partial charge in [0.15, 0.2) is 5.69 Å². The molecule has 21 heavy (non-hydrogen) atoms. The fraction of sp³-hybridized carbons (Fsp3) is 0.615. The van der Waals surface area contributed by atoms with E-state index in [9.17, 15) is 9.59 Å². The number of aromatic carboxylic acids is 1. The first-order chi connectivity index (χ1) is 10.0. The van der Waals surface area contributed by atoms with E-state index in [-0.39, 0.29) is 16.5 Å². The molecule has 6 nitrogen and oxygen atoms in total. The van der Waals surface area contributed by atoms with Crippen LogP contribution in [0.1, 0.15) is 34.8 Å². The molecule has 0 aliphatic heterocycles. The fourth-order valence-corrected chi connectivity index (χ4v) is 3.82. The van der Waals surface area contributed by atoms with Crippen molar-refractivity contribution in [1.29, 1.82) is 0 Å². The lowest BCUT2D eigenvalue weighted by atomic mass is 9.84. The van der Waals surface area contributed by atoms with Gasteiger partial charge in [0.25, 0.3) is 0 Å². The molecule has 1 aromatic rings. The summed E-state index contributed by atoms with van der Waals surface area (Å²) in [7, 11) is 0. The van der Waals surface area contributed by atoms with E-state index < -0.39 is 5.97 Å². The van der Waals surface area contributed by atoms with Crippen LogP contribution in [0, 0.1) is 0 Å². The standard InChI is InChI=1S/C13H19N3O3S2/c1-20-13(4-2-5-13)8-15-12(19)14-6-3-10-16-9(7-21-10)11(17)18/h7H,2-6,8H2,1H3,(H,17,18)(H2,14,15,19). The van der Waals surface area contributed by atoms with Gasteiger partial charge >= 0.3 is 12.0 Å². The van der Waals surface area contributed by atoms with Crippen molar-refractivity contribution in [3.05, 3.63) is 16.1 Å². The van der Waals surface area contributed by atoms with Crippen molar-refractivity contribution >= 4 is 35.1 Å². The lowest BCUT2D eigenvalue weighted by Gasteiger charge is -2.40. The molecule has 116 valence electrons. The number of thiazole rings is 1. The monoisotopic (exact) mass is 329 g/mol. The quantitative estimate of drug-likeness (QED) is 0.711. The number of carboxylic acids is 1. The molecule has 0 spiro atoms. The van der Waals surface area contributed by atoms with Crippen LogP contribution in [0.15, 0.2) is 5.38 Å². The molecule has 1 fully saturated rings. The SMILES string of the molecule is CSC1(CNC(=O)NCCc2nc(C(=O)O)cs2)CCC1. The van der Waals surface area contributed by atoms with Crippen molar-refractivity contribution in [2.24, 2.45) is 0 Å². The number of nitrogens with zero attached hydrogens (tertiary/aromatic N) is 1. The number of hydrogen-bond acceptors (Lipinski definition) is 5. The molecule has 0 radical (unpaired) electrons. The lowest BCUT2D eigenvalue weighted by Crippen LogP contribution is -2.48. The van der Waals surface area contributed by atoms with Gasteiger partial charge in [-0.1, -0.05) is 6.42 Å². The van der Waals surface area contributed by atoms with Gasteiger partial charge < -0.3 is 15.7 Å². The van der Waals surface area contributed by atoms with Crippen LogP contribution in [0.3, 0.4) is 0 Å². The highest BCUT2D eigenvalue weighted by atomic mass is 32.2. The summed E-state index contributed by atoms with van der Waals surface area (Å²) in [5.74, 6) is -1.02. The van der Waals surface area contributed by atoms with Crippen molar-refractivity contribution in [3.8, 4) is 0 Å². The molecule has 2 amide bonds. The summed E-state index contributed by atoms with van der Waals surface area (Å²) in [6.07, 6.45) is 6.18. The number of rotatable bonds is 7. The lowest BCUT2D eigenvalue weighted by molar-refractivity contribution is 0.0691. The average molecular weight is 329 g/mol. The van der Waals surface area contributed by atoms with E-state index in [0.29, 0.717) is 24.5 Å². The van der Waals surface area contributed by atoms with Crippen molar-refractivity contribution in [2.45, 2.75) is 30.4 Å². The summed E-state index contributed by atoms with van der Waals surface area (Å²) in [6.45, 7) is 1.14. The summed E-state index contributed by atoms with van der Waals surface area (Å²) < 4.78 is 0.225. The number of carbonyl (C=O) groups is 2. The Labute approximate surface area is 131 Å². The van der Waals surface area contributed by atoms with Crippen molar-refractivity contribution in [1.82, 2.24) is 15.6 Å². The van der Waals surface area contributed by atoms with Gasteiger partial charge in [0.05, 0.1) is 5.01 Å². The summed E-state index contributed by atoms with van der Waals surface area (Å²) in [5, 5.41) is 16.7. The number of aromatic nitrogens is 1. The molecule has 1 saturated carbocycles. The summed E-state index contributed by atoms with van der Waals surface area (Å²) >= 11 is 3.12.